The monoisotopic (exact) mass is 359 g/mol. The van der Waals surface area contributed by atoms with Gasteiger partial charge in [0.25, 0.3) is 0 Å². The van der Waals surface area contributed by atoms with Gasteiger partial charge >= 0.3 is 5.97 Å². The molecule has 0 aliphatic carbocycles. The molecule has 4 nitrogen and oxygen atoms in total. The lowest BCUT2D eigenvalue weighted by atomic mass is 10.2. The normalized spacial score (nSPS) is 9.82. The third kappa shape index (κ3) is 5.23. The lowest BCUT2D eigenvalue weighted by molar-refractivity contribution is -0.145. The first-order valence-corrected chi connectivity index (χ1v) is 7.50. The van der Waals surface area contributed by atoms with E-state index in [1.165, 1.54) is 0 Å². The molecule has 0 heterocycles. The van der Waals surface area contributed by atoms with E-state index in [1.807, 2.05) is 30.3 Å². The summed E-state index contributed by atoms with van der Waals surface area (Å²) in [7, 11) is 0. The van der Waals surface area contributed by atoms with Crippen LogP contribution in [0.25, 0.3) is 0 Å². The van der Waals surface area contributed by atoms with Crippen LogP contribution in [-0.4, -0.2) is 12.6 Å². The Kier molecular flexibility index (Phi) is 5.99. The fourth-order valence-corrected chi connectivity index (χ4v) is 2.10. The molecule has 112 valence electrons. The highest BCUT2D eigenvalue weighted by atomic mass is 79.9. The molecule has 5 heteroatoms. The average Bonchev–Trinajstić information content (AvgIpc) is 2.53. The molecule has 0 saturated heterocycles. The van der Waals surface area contributed by atoms with Crippen molar-refractivity contribution < 1.29 is 14.3 Å². The van der Waals surface area contributed by atoms with E-state index in [4.69, 9.17) is 14.7 Å². The van der Waals surface area contributed by atoms with E-state index in [0.717, 1.165) is 10.0 Å². The van der Waals surface area contributed by atoms with Crippen molar-refractivity contribution in [1.29, 1.82) is 5.26 Å². The molecule has 0 atom stereocenters. The zero-order valence-corrected chi connectivity index (χ0v) is 13.4. The maximum atomic E-state index is 11.6. The van der Waals surface area contributed by atoms with Gasteiger partial charge in [-0.3, -0.25) is 4.79 Å². The number of esters is 1. The molecular weight excluding hydrogens is 346 g/mol. The fourth-order valence-electron chi connectivity index (χ4n) is 1.72. The molecule has 0 bridgehead atoms. The molecule has 2 aromatic rings. The molecule has 2 rings (SSSR count). The van der Waals surface area contributed by atoms with Crippen LogP contribution in [0.3, 0.4) is 0 Å². The van der Waals surface area contributed by atoms with Crippen molar-refractivity contribution in [3.8, 4) is 11.8 Å². The van der Waals surface area contributed by atoms with Crippen LogP contribution in [0.5, 0.6) is 5.75 Å². The van der Waals surface area contributed by atoms with Crippen molar-refractivity contribution in [2.75, 3.05) is 6.61 Å². The van der Waals surface area contributed by atoms with Gasteiger partial charge in [0.15, 0.2) is 0 Å². The van der Waals surface area contributed by atoms with Gasteiger partial charge in [0.1, 0.15) is 12.4 Å². The van der Waals surface area contributed by atoms with Crippen molar-refractivity contribution in [3.63, 3.8) is 0 Å². The first-order valence-electron chi connectivity index (χ1n) is 6.70. The predicted molar refractivity (Wildman–Crippen MR) is 85.2 cm³/mol. The number of rotatable bonds is 6. The van der Waals surface area contributed by atoms with E-state index in [2.05, 4.69) is 15.9 Å². The molecule has 22 heavy (non-hydrogen) atoms. The van der Waals surface area contributed by atoms with Gasteiger partial charge in [0, 0.05) is 4.47 Å². The molecule has 0 saturated carbocycles. The van der Waals surface area contributed by atoms with Gasteiger partial charge in [0.2, 0.25) is 0 Å². The first-order chi connectivity index (χ1) is 10.7. The molecule has 0 fully saturated rings. The van der Waals surface area contributed by atoms with E-state index in [9.17, 15) is 4.79 Å². The van der Waals surface area contributed by atoms with Crippen LogP contribution in [0, 0.1) is 11.3 Å². The van der Waals surface area contributed by atoms with Gasteiger partial charge in [-0.2, -0.15) is 5.26 Å². The molecule has 0 aliphatic heterocycles. The average molecular weight is 360 g/mol. The van der Waals surface area contributed by atoms with Crippen LogP contribution < -0.4 is 4.74 Å². The Morgan fingerprint density at radius 1 is 1.18 bits per heavy atom. The summed E-state index contributed by atoms with van der Waals surface area (Å²) < 4.78 is 11.5. The molecule has 0 aliphatic rings. The van der Waals surface area contributed by atoms with E-state index in [-0.39, 0.29) is 25.6 Å². The first kappa shape index (κ1) is 16.1. The number of hydrogen-bond donors (Lipinski definition) is 0. The van der Waals surface area contributed by atoms with Crippen LogP contribution in [0.15, 0.2) is 53.0 Å². The highest BCUT2D eigenvalue weighted by Gasteiger charge is 2.04. The lowest BCUT2D eigenvalue weighted by Crippen LogP contribution is -2.10. The lowest BCUT2D eigenvalue weighted by Gasteiger charge is -2.07. The zero-order chi connectivity index (χ0) is 15.8. The highest BCUT2D eigenvalue weighted by molar-refractivity contribution is 9.10. The quantitative estimate of drug-likeness (QED) is 0.735. The summed E-state index contributed by atoms with van der Waals surface area (Å²) in [6, 6.07) is 16.4. The second kappa shape index (κ2) is 8.20. The topological polar surface area (TPSA) is 59.3 Å². The highest BCUT2D eigenvalue weighted by Crippen LogP contribution is 2.17. The number of carbonyl (C=O) groups is 1. The van der Waals surface area contributed by atoms with Crippen molar-refractivity contribution in [2.24, 2.45) is 0 Å². The Morgan fingerprint density at radius 2 is 1.95 bits per heavy atom. The molecular formula is C17H14BrNO3. The molecule has 0 spiro atoms. The summed E-state index contributed by atoms with van der Waals surface area (Å²) in [6.07, 6.45) is 0.183. The minimum Gasteiger partial charge on any atom is -0.493 e. The van der Waals surface area contributed by atoms with Crippen molar-refractivity contribution in [1.82, 2.24) is 0 Å². The smallest absolute Gasteiger partial charge is 0.309 e. The van der Waals surface area contributed by atoms with Gasteiger partial charge in [0.05, 0.1) is 24.7 Å². The summed E-state index contributed by atoms with van der Waals surface area (Å²) >= 11 is 3.35. The largest absolute Gasteiger partial charge is 0.493 e. The molecule has 0 radical (unpaired) electrons. The molecule has 0 N–H and O–H groups in total. The molecule has 0 unspecified atom stereocenters. The van der Waals surface area contributed by atoms with Crippen LogP contribution in [0.4, 0.5) is 0 Å². The maximum Gasteiger partial charge on any atom is 0.309 e. The molecule has 0 amide bonds. The maximum absolute atomic E-state index is 11.6. The number of ether oxygens (including phenoxy) is 2. The number of benzene rings is 2. The van der Waals surface area contributed by atoms with E-state index >= 15 is 0 Å². The van der Waals surface area contributed by atoms with Crippen LogP contribution in [-0.2, 0) is 16.1 Å². The van der Waals surface area contributed by atoms with Gasteiger partial charge in [-0.1, -0.05) is 34.1 Å². The van der Waals surface area contributed by atoms with Crippen molar-refractivity contribution in [2.45, 2.75) is 13.0 Å². The van der Waals surface area contributed by atoms with Crippen LogP contribution in [0.1, 0.15) is 17.5 Å². The Labute approximate surface area is 137 Å². The number of halogens is 1. The predicted octanol–water partition coefficient (Wildman–Crippen LogP) is 3.83. The minimum atomic E-state index is -0.320. The molecule has 2 aromatic carbocycles. The minimum absolute atomic E-state index is 0.183. The summed E-state index contributed by atoms with van der Waals surface area (Å²) in [5.74, 6) is 0.383. The Balaban J connectivity index is 1.70. The fraction of sp³-hybridized carbons (Fsp3) is 0.176. The second-order valence-corrected chi connectivity index (χ2v) is 5.44. The van der Waals surface area contributed by atoms with Crippen LogP contribution >= 0.6 is 15.9 Å². The van der Waals surface area contributed by atoms with Gasteiger partial charge in [-0.25, -0.2) is 0 Å². The Bertz CT molecular complexity index is 677. The Morgan fingerprint density at radius 3 is 2.64 bits per heavy atom. The number of carbonyl (C=O) groups excluding carboxylic acids is 1. The van der Waals surface area contributed by atoms with E-state index in [0.29, 0.717) is 11.3 Å². The number of hydrogen-bond acceptors (Lipinski definition) is 4. The van der Waals surface area contributed by atoms with Gasteiger partial charge in [-0.15, -0.1) is 0 Å². The van der Waals surface area contributed by atoms with Gasteiger partial charge in [-0.05, 0) is 35.9 Å². The number of nitriles is 1. The van der Waals surface area contributed by atoms with Crippen molar-refractivity contribution in [3.05, 3.63) is 64.1 Å². The van der Waals surface area contributed by atoms with Crippen molar-refractivity contribution >= 4 is 21.9 Å². The summed E-state index contributed by atoms with van der Waals surface area (Å²) in [6.45, 7) is 0.462. The second-order valence-electron chi connectivity index (χ2n) is 4.53. The summed E-state index contributed by atoms with van der Waals surface area (Å²) in [5, 5.41) is 8.70. The third-order valence-corrected chi connectivity index (χ3v) is 3.35. The molecule has 0 aromatic heterocycles. The third-order valence-electron chi connectivity index (χ3n) is 2.85. The van der Waals surface area contributed by atoms with Crippen LogP contribution in [0.2, 0.25) is 0 Å². The van der Waals surface area contributed by atoms with E-state index < -0.39 is 0 Å². The summed E-state index contributed by atoms with van der Waals surface area (Å²) in [4.78, 5) is 11.6. The standard InChI is InChI=1S/C17H14BrNO3/c18-15-2-1-3-16(10-15)21-9-8-17(20)22-12-14-6-4-13(11-19)5-7-14/h1-7,10H,8-9,12H2. The van der Waals surface area contributed by atoms with Gasteiger partial charge < -0.3 is 9.47 Å². The Hall–Kier alpha value is -2.32. The number of nitrogens with zero attached hydrogens (tertiary/aromatic N) is 1. The van der Waals surface area contributed by atoms with E-state index in [1.54, 1.807) is 24.3 Å². The summed E-state index contributed by atoms with van der Waals surface area (Å²) in [5.41, 5.74) is 1.43. The SMILES string of the molecule is N#Cc1ccc(COC(=O)CCOc2cccc(Br)c2)cc1. The zero-order valence-electron chi connectivity index (χ0n) is 11.8.